The van der Waals surface area contributed by atoms with Crippen LogP contribution in [0, 0.1) is 11.7 Å². The molecule has 3 atom stereocenters. The van der Waals surface area contributed by atoms with Gasteiger partial charge in [0.1, 0.15) is 11.9 Å². The molecule has 0 aliphatic carbocycles. The lowest BCUT2D eigenvalue weighted by atomic mass is 9.98. The van der Waals surface area contributed by atoms with Crippen LogP contribution in [0.15, 0.2) is 91.0 Å². The second-order valence-electron chi connectivity index (χ2n) is 12.6. The summed E-state index contributed by atoms with van der Waals surface area (Å²) in [5, 5.41) is 12.8. The number of carbonyl (C=O) groups excluding carboxylic acids is 2. The molecule has 5 rings (SSSR count). The first-order valence-electron chi connectivity index (χ1n) is 16.2. The fraction of sp³-hybridized carbons (Fsp3) is 0.316. The SMILES string of the molecule is C[C@@H]1CN([C@@H](C)CO)C(=O)c2cccc(NC(=O)Cc3ccc(C(F)(F)F)cc3)c2O[C@@H]1CN(C)Cc1ccc(Oc2ccccc2F)cc1. The fourth-order valence-corrected chi connectivity index (χ4v) is 5.75. The number of benzene rings is 4. The van der Waals surface area contributed by atoms with E-state index in [0.717, 1.165) is 17.7 Å². The van der Waals surface area contributed by atoms with Crippen molar-refractivity contribution in [2.45, 2.75) is 45.1 Å². The van der Waals surface area contributed by atoms with Crippen LogP contribution in [-0.4, -0.2) is 65.6 Å². The number of aliphatic hydroxyl groups is 1. The van der Waals surface area contributed by atoms with E-state index < -0.39 is 35.6 Å². The van der Waals surface area contributed by atoms with Crippen molar-refractivity contribution in [2.75, 3.05) is 32.1 Å². The van der Waals surface area contributed by atoms with Crippen LogP contribution >= 0.6 is 0 Å². The number of aliphatic hydroxyl groups excluding tert-OH is 1. The molecule has 2 N–H and O–H groups in total. The highest BCUT2D eigenvalue weighted by molar-refractivity contribution is 6.02. The highest BCUT2D eigenvalue weighted by atomic mass is 19.4. The Kier molecular flexibility index (Phi) is 11.4. The first-order chi connectivity index (χ1) is 23.8. The summed E-state index contributed by atoms with van der Waals surface area (Å²) in [4.78, 5) is 30.6. The summed E-state index contributed by atoms with van der Waals surface area (Å²) in [6, 6.07) is 22.2. The predicted molar refractivity (Wildman–Crippen MR) is 181 cm³/mol. The van der Waals surface area contributed by atoms with E-state index in [1.807, 2.05) is 26.1 Å². The molecule has 8 nitrogen and oxygen atoms in total. The summed E-state index contributed by atoms with van der Waals surface area (Å²) < 4.78 is 65.3. The van der Waals surface area contributed by atoms with E-state index in [9.17, 15) is 32.3 Å². The maximum Gasteiger partial charge on any atom is 0.416 e. The second kappa shape index (κ2) is 15.7. The lowest BCUT2D eigenvalue weighted by Gasteiger charge is -2.38. The number of likely N-dealkylation sites (N-methyl/N-ethyl adjacent to an activating group) is 1. The molecule has 1 heterocycles. The molecule has 0 unspecified atom stereocenters. The summed E-state index contributed by atoms with van der Waals surface area (Å²) in [7, 11) is 1.93. The van der Waals surface area contributed by atoms with Crippen LogP contribution in [0.3, 0.4) is 0 Å². The number of nitrogens with zero attached hydrogens (tertiary/aromatic N) is 2. The number of amides is 2. The smallest absolute Gasteiger partial charge is 0.416 e. The number of rotatable bonds is 11. The number of ether oxygens (including phenoxy) is 2. The molecule has 264 valence electrons. The number of para-hydroxylation sites is 2. The molecule has 1 aliphatic rings. The van der Waals surface area contributed by atoms with E-state index in [4.69, 9.17) is 9.47 Å². The van der Waals surface area contributed by atoms with Crippen LogP contribution in [0.5, 0.6) is 17.2 Å². The highest BCUT2D eigenvalue weighted by Crippen LogP contribution is 2.35. The molecule has 2 amide bonds. The van der Waals surface area contributed by atoms with E-state index in [1.54, 1.807) is 60.4 Å². The van der Waals surface area contributed by atoms with E-state index in [1.165, 1.54) is 18.2 Å². The molecule has 0 saturated heterocycles. The van der Waals surface area contributed by atoms with Crippen LogP contribution in [0.4, 0.5) is 23.2 Å². The average Bonchev–Trinajstić information content (AvgIpc) is 3.08. The molecule has 1 aliphatic heterocycles. The zero-order valence-corrected chi connectivity index (χ0v) is 27.9. The standard InChI is InChI=1S/C38H39F4N3O5/c1-24-20-45(25(2)23-46)37(48)30-7-6-9-32(43-35(47)19-26-11-15-28(16-12-26)38(40,41)42)36(30)50-34(24)22-44(3)21-27-13-17-29(18-14-27)49-33-10-5-4-8-31(33)39/h4-18,24-25,34,46H,19-23H2,1-3H3,(H,43,47)/t24-,25+,34-/m1/s1. The third kappa shape index (κ3) is 8.99. The molecule has 0 spiro atoms. The Labute approximate surface area is 288 Å². The fourth-order valence-electron chi connectivity index (χ4n) is 5.75. The van der Waals surface area contributed by atoms with Gasteiger partial charge in [-0.2, -0.15) is 13.2 Å². The summed E-state index contributed by atoms with van der Waals surface area (Å²) in [5.41, 5.74) is 0.998. The van der Waals surface area contributed by atoms with E-state index in [0.29, 0.717) is 30.9 Å². The zero-order chi connectivity index (χ0) is 36.0. The molecular formula is C38H39F4N3O5. The van der Waals surface area contributed by atoms with Crippen molar-refractivity contribution in [1.82, 2.24) is 9.80 Å². The Bertz CT molecular complexity index is 1780. The molecule has 0 saturated carbocycles. The maximum absolute atomic E-state index is 14.0. The second-order valence-corrected chi connectivity index (χ2v) is 12.6. The zero-order valence-electron chi connectivity index (χ0n) is 27.9. The number of hydrogen-bond acceptors (Lipinski definition) is 6. The number of anilines is 1. The lowest BCUT2D eigenvalue weighted by Crippen LogP contribution is -2.49. The minimum Gasteiger partial charge on any atom is -0.486 e. The molecule has 50 heavy (non-hydrogen) atoms. The van der Waals surface area contributed by atoms with Crippen molar-refractivity contribution in [3.8, 4) is 17.2 Å². The van der Waals surface area contributed by atoms with Crippen LogP contribution in [0.2, 0.25) is 0 Å². The van der Waals surface area contributed by atoms with Gasteiger partial charge in [0.15, 0.2) is 17.3 Å². The van der Waals surface area contributed by atoms with Crippen molar-refractivity contribution in [3.63, 3.8) is 0 Å². The first kappa shape index (κ1) is 36.3. The van der Waals surface area contributed by atoms with Crippen molar-refractivity contribution in [3.05, 3.63) is 119 Å². The van der Waals surface area contributed by atoms with Gasteiger partial charge in [-0.25, -0.2) is 4.39 Å². The van der Waals surface area contributed by atoms with Crippen molar-refractivity contribution in [2.24, 2.45) is 5.92 Å². The van der Waals surface area contributed by atoms with Gasteiger partial charge in [0.05, 0.1) is 35.9 Å². The van der Waals surface area contributed by atoms with Crippen molar-refractivity contribution >= 4 is 17.5 Å². The summed E-state index contributed by atoms with van der Waals surface area (Å²) >= 11 is 0. The minimum atomic E-state index is -4.49. The monoisotopic (exact) mass is 693 g/mol. The Morgan fingerprint density at radius 3 is 2.36 bits per heavy atom. The topological polar surface area (TPSA) is 91.3 Å². The maximum atomic E-state index is 14.0. The third-order valence-electron chi connectivity index (χ3n) is 8.54. The average molecular weight is 694 g/mol. The van der Waals surface area contributed by atoms with Gasteiger partial charge in [-0.05, 0) is 73.6 Å². The molecule has 0 aromatic heterocycles. The van der Waals surface area contributed by atoms with E-state index >= 15 is 0 Å². The van der Waals surface area contributed by atoms with Gasteiger partial charge in [-0.1, -0.05) is 49.4 Å². The highest BCUT2D eigenvalue weighted by Gasteiger charge is 2.35. The Morgan fingerprint density at radius 1 is 1.02 bits per heavy atom. The van der Waals surface area contributed by atoms with E-state index in [2.05, 4.69) is 10.2 Å². The summed E-state index contributed by atoms with van der Waals surface area (Å²) in [6.07, 6.45) is -5.15. The number of fused-ring (bicyclic) bond motifs is 1. The first-order valence-corrected chi connectivity index (χ1v) is 16.2. The van der Waals surface area contributed by atoms with Crippen LogP contribution < -0.4 is 14.8 Å². The minimum absolute atomic E-state index is 0.131. The van der Waals surface area contributed by atoms with Gasteiger partial charge in [0, 0.05) is 25.6 Å². The third-order valence-corrected chi connectivity index (χ3v) is 8.54. The van der Waals surface area contributed by atoms with Gasteiger partial charge < -0.3 is 24.8 Å². The summed E-state index contributed by atoms with van der Waals surface area (Å²) in [5.74, 6) is -0.722. The molecular weight excluding hydrogens is 654 g/mol. The predicted octanol–water partition coefficient (Wildman–Crippen LogP) is 7.17. The molecule has 0 radical (unpaired) electrons. The van der Waals surface area contributed by atoms with Gasteiger partial charge in [-0.15, -0.1) is 0 Å². The van der Waals surface area contributed by atoms with Crippen LogP contribution in [0.25, 0.3) is 0 Å². The van der Waals surface area contributed by atoms with Crippen LogP contribution in [-0.2, 0) is 23.9 Å². The van der Waals surface area contributed by atoms with Crippen molar-refractivity contribution < 1.29 is 41.7 Å². The number of hydrogen-bond donors (Lipinski definition) is 2. The quantitative estimate of drug-likeness (QED) is 0.162. The Hall–Kier alpha value is -4.94. The molecule has 0 fully saturated rings. The van der Waals surface area contributed by atoms with E-state index in [-0.39, 0.29) is 47.6 Å². The number of alkyl halides is 3. The molecule has 12 heteroatoms. The lowest BCUT2D eigenvalue weighted by molar-refractivity contribution is -0.137. The normalized spacial score (nSPS) is 17.0. The molecule has 4 aromatic carbocycles. The Balaban J connectivity index is 1.34. The largest absolute Gasteiger partial charge is 0.486 e. The molecule has 0 bridgehead atoms. The van der Waals surface area contributed by atoms with Crippen LogP contribution in [0.1, 0.15) is 40.9 Å². The van der Waals surface area contributed by atoms with Gasteiger partial charge >= 0.3 is 6.18 Å². The van der Waals surface area contributed by atoms with Gasteiger partial charge in [0.2, 0.25) is 5.91 Å². The molecule has 4 aromatic rings. The van der Waals surface area contributed by atoms with Crippen molar-refractivity contribution in [1.29, 1.82) is 0 Å². The summed E-state index contributed by atoms with van der Waals surface area (Å²) in [6.45, 7) is 4.72. The number of carbonyl (C=O) groups is 2. The van der Waals surface area contributed by atoms with Gasteiger partial charge in [-0.3, -0.25) is 14.5 Å². The van der Waals surface area contributed by atoms with Gasteiger partial charge in [0.25, 0.3) is 5.91 Å². The number of nitrogens with one attached hydrogen (secondary N) is 1. The Morgan fingerprint density at radius 2 is 1.70 bits per heavy atom. The number of halogens is 4.